The number of hydrogen-bond acceptors (Lipinski definition) is 6. The van der Waals surface area contributed by atoms with Gasteiger partial charge in [0.15, 0.2) is 0 Å². The molecule has 0 atom stereocenters. The van der Waals surface area contributed by atoms with Crippen LogP contribution in [0.1, 0.15) is 29.9 Å². The van der Waals surface area contributed by atoms with E-state index in [-0.39, 0.29) is 12.0 Å². The van der Waals surface area contributed by atoms with Crippen molar-refractivity contribution in [3.63, 3.8) is 0 Å². The minimum absolute atomic E-state index is 0.106. The number of nitrogens with zero attached hydrogens (tertiary/aromatic N) is 2. The number of carbonyl (C=O) groups excluding carboxylic acids is 1. The van der Waals surface area contributed by atoms with Gasteiger partial charge in [-0.3, -0.25) is 4.79 Å². The molecular weight excluding hydrogens is 416 g/mol. The van der Waals surface area contributed by atoms with Crippen molar-refractivity contribution in [1.29, 1.82) is 0 Å². The number of rotatable bonds is 8. The van der Waals surface area contributed by atoms with Crippen LogP contribution < -0.4 is 9.47 Å². The van der Waals surface area contributed by atoms with Crippen molar-refractivity contribution in [2.45, 2.75) is 31.4 Å². The van der Waals surface area contributed by atoms with Gasteiger partial charge in [-0.15, -0.1) is 23.1 Å². The summed E-state index contributed by atoms with van der Waals surface area (Å²) in [6.45, 7) is 4.48. The molecule has 3 rings (SSSR count). The number of benzene rings is 2. The maximum atomic E-state index is 12.9. The fourth-order valence-electron chi connectivity index (χ4n) is 2.97. The van der Waals surface area contributed by atoms with E-state index in [1.807, 2.05) is 67.9 Å². The number of amides is 1. The molecular formula is C23H26N2O3S2. The van der Waals surface area contributed by atoms with Gasteiger partial charge in [0.05, 0.1) is 13.2 Å². The Hall–Kier alpha value is -2.51. The summed E-state index contributed by atoms with van der Waals surface area (Å²) >= 11 is 3.10. The standard InChI is InChI=1S/C23H26N2O3S2/c1-15(2)28-18-9-7-17(8-10-18)22-24-19(14-30-22)23(26)25(3)13-16-6-11-21(29-5)20(12-16)27-4/h6-12,14-15H,13H2,1-5H3. The first kappa shape index (κ1) is 22.2. The highest BCUT2D eigenvalue weighted by molar-refractivity contribution is 7.98. The lowest BCUT2D eigenvalue weighted by Gasteiger charge is -2.17. The molecule has 158 valence electrons. The van der Waals surface area contributed by atoms with E-state index in [1.54, 1.807) is 30.8 Å². The van der Waals surface area contributed by atoms with Crippen LogP contribution in [0.2, 0.25) is 0 Å². The van der Waals surface area contributed by atoms with Gasteiger partial charge in [0.25, 0.3) is 5.91 Å². The van der Waals surface area contributed by atoms with Gasteiger partial charge in [-0.1, -0.05) is 6.07 Å². The molecule has 30 heavy (non-hydrogen) atoms. The number of hydrogen-bond donors (Lipinski definition) is 0. The van der Waals surface area contributed by atoms with Crippen LogP contribution in [0.15, 0.2) is 52.7 Å². The Labute approximate surface area is 186 Å². The van der Waals surface area contributed by atoms with E-state index in [4.69, 9.17) is 9.47 Å². The lowest BCUT2D eigenvalue weighted by molar-refractivity contribution is 0.0780. The van der Waals surface area contributed by atoms with Crippen molar-refractivity contribution in [2.75, 3.05) is 20.4 Å². The molecule has 1 heterocycles. The smallest absolute Gasteiger partial charge is 0.273 e. The molecule has 0 spiro atoms. The van der Waals surface area contributed by atoms with E-state index in [0.29, 0.717) is 12.2 Å². The zero-order valence-corrected chi connectivity index (χ0v) is 19.5. The van der Waals surface area contributed by atoms with Crippen LogP contribution in [0.4, 0.5) is 0 Å². The zero-order chi connectivity index (χ0) is 21.7. The molecule has 1 aromatic heterocycles. The maximum absolute atomic E-state index is 12.9. The first-order valence-corrected chi connectivity index (χ1v) is 11.7. The average molecular weight is 443 g/mol. The molecule has 0 aliphatic heterocycles. The predicted octanol–water partition coefficient (Wildman–Crippen LogP) is 5.60. The summed E-state index contributed by atoms with van der Waals surface area (Å²) in [5.74, 6) is 1.54. The molecule has 2 aromatic carbocycles. The SMILES string of the molecule is COc1cc(CN(C)C(=O)c2csc(-c3ccc(OC(C)C)cc3)n2)ccc1SC. The maximum Gasteiger partial charge on any atom is 0.273 e. The molecule has 0 radical (unpaired) electrons. The van der Waals surface area contributed by atoms with E-state index in [2.05, 4.69) is 4.98 Å². The predicted molar refractivity (Wildman–Crippen MR) is 124 cm³/mol. The highest BCUT2D eigenvalue weighted by Gasteiger charge is 2.17. The van der Waals surface area contributed by atoms with Crippen LogP contribution in [-0.2, 0) is 6.54 Å². The van der Waals surface area contributed by atoms with Crippen molar-refractivity contribution < 1.29 is 14.3 Å². The molecule has 0 N–H and O–H groups in total. The monoisotopic (exact) mass is 442 g/mol. The summed E-state index contributed by atoms with van der Waals surface area (Å²) < 4.78 is 11.1. The fourth-order valence-corrected chi connectivity index (χ4v) is 4.32. The third kappa shape index (κ3) is 5.34. The van der Waals surface area contributed by atoms with E-state index in [1.165, 1.54) is 11.3 Å². The molecule has 0 aliphatic carbocycles. The van der Waals surface area contributed by atoms with Gasteiger partial charge in [0.1, 0.15) is 22.2 Å². The number of thioether (sulfide) groups is 1. The molecule has 5 nitrogen and oxygen atoms in total. The van der Waals surface area contributed by atoms with Gasteiger partial charge >= 0.3 is 0 Å². The van der Waals surface area contributed by atoms with Crippen molar-refractivity contribution in [3.8, 4) is 22.1 Å². The van der Waals surface area contributed by atoms with Gasteiger partial charge in [-0.05, 0) is 62.1 Å². The van der Waals surface area contributed by atoms with Crippen LogP contribution in [0, 0.1) is 0 Å². The normalized spacial score (nSPS) is 10.9. The number of thiazole rings is 1. The van der Waals surface area contributed by atoms with E-state index in [9.17, 15) is 4.79 Å². The second-order valence-corrected chi connectivity index (χ2v) is 8.79. The number of aromatic nitrogens is 1. The lowest BCUT2D eigenvalue weighted by Crippen LogP contribution is -2.26. The largest absolute Gasteiger partial charge is 0.496 e. The van der Waals surface area contributed by atoms with Crippen molar-refractivity contribution >= 4 is 29.0 Å². The Morgan fingerprint density at radius 2 is 1.93 bits per heavy atom. The summed E-state index contributed by atoms with van der Waals surface area (Å²) in [5, 5.41) is 2.62. The van der Waals surface area contributed by atoms with Gasteiger partial charge in [0.2, 0.25) is 0 Å². The molecule has 7 heteroatoms. The van der Waals surface area contributed by atoms with Crippen LogP contribution >= 0.6 is 23.1 Å². The minimum Gasteiger partial charge on any atom is -0.496 e. The topological polar surface area (TPSA) is 51.7 Å². The Bertz CT molecular complexity index is 1000. The highest BCUT2D eigenvalue weighted by Crippen LogP contribution is 2.29. The number of methoxy groups -OCH3 is 1. The number of carbonyl (C=O) groups is 1. The first-order valence-electron chi connectivity index (χ1n) is 9.60. The van der Waals surface area contributed by atoms with Crippen LogP contribution in [0.3, 0.4) is 0 Å². The third-order valence-corrected chi connectivity index (χ3v) is 6.08. The van der Waals surface area contributed by atoms with Crippen molar-refractivity contribution in [3.05, 3.63) is 59.1 Å². The first-order chi connectivity index (χ1) is 14.4. The molecule has 0 unspecified atom stereocenters. The second-order valence-electron chi connectivity index (χ2n) is 7.08. The van der Waals surface area contributed by atoms with Crippen molar-refractivity contribution in [1.82, 2.24) is 9.88 Å². The average Bonchev–Trinajstić information content (AvgIpc) is 3.23. The van der Waals surface area contributed by atoms with Crippen molar-refractivity contribution in [2.24, 2.45) is 0 Å². The highest BCUT2D eigenvalue weighted by atomic mass is 32.2. The van der Waals surface area contributed by atoms with E-state index in [0.717, 1.165) is 32.5 Å². The van der Waals surface area contributed by atoms with E-state index < -0.39 is 0 Å². The Morgan fingerprint density at radius 3 is 2.57 bits per heavy atom. The summed E-state index contributed by atoms with van der Waals surface area (Å²) in [5.41, 5.74) is 2.43. The van der Waals surface area contributed by atoms with Gasteiger partial charge in [-0.2, -0.15) is 0 Å². The minimum atomic E-state index is -0.106. The Morgan fingerprint density at radius 1 is 1.20 bits per heavy atom. The van der Waals surface area contributed by atoms with Gasteiger partial charge < -0.3 is 14.4 Å². The van der Waals surface area contributed by atoms with Crippen LogP contribution in [-0.4, -0.2) is 42.3 Å². The second kappa shape index (κ2) is 10.00. The molecule has 0 bridgehead atoms. The molecule has 0 saturated heterocycles. The molecule has 0 fully saturated rings. The van der Waals surface area contributed by atoms with Crippen LogP contribution in [0.5, 0.6) is 11.5 Å². The van der Waals surface area contributed by atoms with Crippen LogP contribution in [0.25, 0.3) is 10.6 Å². The molecule has 3 aromatic rings. The summed E-state index contributed by atoms with van der Waals surface area (Å²) in [6, 6.07) is 13.8. The molecule has 1 amide bonds. The Balaban J connectivity index is 1.69. The summed E-state index contributed by atoms with van der Waals surface area (Å²) in [4.78, 5) is 20.2. The summed E-state index contributed by atoms with van der Waals surface area (Å²) in [6.07, 6.45) is 2.14. The molecule has 0 aliphatic rings. The zero-order valence-electron chi connectivity index (χ0n) is 17.8. The fraction of sp³-hybridized carbons (Fsp3) is 0.304. The van der Waals surface area contributed by atoms with E-state index >= 15 is 0 Å². The lowest BCUT2D eigenvalue weighted by atomic mass is 10.2. The number of ether oxygens (including phenoxy) is 2. The quantitative estimate of drug-likeness (QED) is 0.425. The molecule has 0 saturated carbocycles. The summed E-state index contributed by atoms with van der Waals surface area (Å²) in [7, 11) is 3.44. The third-order valence-electron chi connectivity index (χ3n) is 4.41. The Kier molecular flexibility index (Phi) is 7.39. The van der Waals surface area contributed by atoms with Gasteiger partial charge in [-0.25, -0.2) is 4.98 Å². The van der Waals surface area contributed by atoms with Gasteiger partial charge in [0, 0.05) is 29.4 Å².